The van der Waals surface area contributed by atoms with E-state index < -0.39 is 0 Å². The highest BCUT2D eigenvalue weighted by Gasteiger charge is 2.09. The average Bonchev–Trinajstić information content (AvgIpc) is 2.37. The topological polar surface area (TPSA) is 48.4 Å². The molecule has 1 aromatic rings. The van der Waals surface area contributed by atoms with Crippen LogP contribution in [0.5, 0.6) is 0 Å². The summed E-state index contributed by atoms with van der Waals surface area (Å²) < 4.78 is 11.0. The monoisotopic (exact) mass is 265 g/mol. The van der Waals surface area contributed by atoms with Gasteiger partial charge in [0.1, 0.15) is 6.61 Å². The van der Waals surface area contributed by atoms with Gasteiger partial charge in [0.05, 0.1) is 25.0 Å². The van der Waals surface area contributed by atoms with Crippen molar-refractivity contribution in [3.8, 4) is 0 Å². The van der Waals surface area contributed by atoms with Gasteiger partial charge in [0.15, 0.2) is 5.78 Å². The van der Waals surface area contributed by atoms with E-state index in [0.717, 1.165) is 11.3 Å². The first-order valence-electron chi connectivity index (χ1n) is 6.65. The Balaban J connectivity index is 2.50. The fourth-order valence-electron chi connectivity index (χ4n) is 1.41. The highest BCUT2D eigenvalue weighted by molar-refractivity contribution is 5.81. The van der Waals surface area contributed by atoms with Crippen LogP contribution in [0.25, 0.3) is 0 Å². The number of carbonyl (C=O) groups is 1. The van der Waals surface area contributed by atoms with Gasteiger partial charge in [0.2, 0.25) is 0 Å². The quantitative estimate of drug-likeness (QED) is 0.725. The van der Waals surface area contributed by atoms with Gasteiger partial charge in [-0.3, -0.25) is 9.78 Å². The summed E-state index contributed by atoms with van der Waals surface area (Å²) in [6.07, 6.45) is 1.90. The minimum Gasteiger partial charge on any atom is -0.372 e. The van der Waals surface area contributed by atoms with E-state index in [2.05, 4.69) is 4.98 Å². The Morgan fingerprint density at radius 2 is 2.00 bits per heavy atom. The molecule has 0 atom stereocenters. The van der Waals surface area contributed by atoms with E-state index in [1.54, 1.807) is 6.20 Å². The Morgan fingerprint density at radius 3 is 2.63 bits per heavy atom. The second-order valence-corrected chi connectivity index (χ2v) is 5.08. The number of carbonyl (C=O) groups excluding carboxylic acids is 1. The summed E-state index contributed by atoms with van der Waals surface area (Å²) >= 11 is 0. The lowest BCUT2D eigenvalue weighted by Gasteiger charge is -2.11. The molecular weight excluding hydrogens is 242 g/mol. The largest absolute Gasteiger partial charge is 0.372 e. The molecule has 0 bridgehead atoms. The first-order chi connectivity index (χ1) is 9.00. The fraction of sp³-hybridized carbons (Fsp3) is 0.600. The van der Waals surface area contributed by atoms with Crippen LogP contribution in [0.1, 0.15) is 39.0 Å². The third-order valence-corrected chi connectivity index (χ3v) is 2.68. The molecule has 0 saturated heterocycles. The van der Waals surface area contributed by atoms with Crippen LogP contribution in [-0.4, -0.2) is 23.5 Å². The summed E-state index contributed by atoms with van der Waals surface area (Å²) in [5.74, 6) is 0.126. The SMILES string of the molecule is CC(C)OCc1ncccc1COCC(=O)C(C)C. The Kier molecular flexibility index (Phi) is 6.67. The Labute approximate surface area is 115 Å². The van der Waals surface area contributed by atoms with E-state index in [-0.39, 0.29) is 24.4 Å². The van der Waals surface area contributed by atoms with Crippen LogP contribution < -0.4 is 0 Å². The Bertz CT molecular complexity index is 402. The lowest BCUT2D eigenvalue weighted by atomic mass is 10.1. The summed E-state index contributed by atoms with van der Waals surface area (Å²) in [5, 5.41) is 0. The maximum absolute atomic E-state index is 11.5. The molecule has 0 N–H and O–H groups in total. The van der Waals surface area contributed by atoms with Crippen molar-refractivity contribution in [3.05, 3.63) is 29.6 Å². The van der Waals surface area contributed by atoms with Crippen LogP contribution in [-0.2, 0) is 27.5 Å². The van der Waals surface area contributed by atoms with Crippen LogP contribution in [0.2, 0.25) is 0 Å². The van der Waals surface area contributed by atoms with Crippen LogP contribution in [0.15, 0.2) is 18.3 Å². The predicted molar refractivity (Wildman–Crippen MR) is 73.7 cm³/mol. The molecular formula is C15H23NO3. The second kappa shape index (κ2) is 8.02. The first-order valence-corrected chi connectivity index (χ1v) is 6.65. The summed E-state index contributed by atoms with van der Waals surface area (Å²) in [4.78, 5) is 15.8. The third-order valence-electron chi connectivity index (χ3n) is 2.68. The Morgan fingerprint density at radius 1 is 1.26 bits per heavy atom. The highest BCUT2D eigenvalue weighted by atomic mass is 16.5. The molecule has 1 aromatic heterocycles. The molecule has 4 nitrogen and oxygen atoms in total. The van der Waals surface area contributed by atoms with Crippen LogP contribution in [0.3, 0.4) is 0 Å². The van der Waals surface area contributed by atoms with Crippen molar-refractivity contribution in [3.63, 3.8) is 0 Å². The van der Waals surface area contributed by atoms with Crippen LogP contribution >= 0.6 is 0 Å². The van der Waals surface area contributed by atoms with Gasteiger partial charge >= 0.3 is 0 Å². The molecule has 0 spiro atoms. The van der Waals surface area contributed by atoms with E-state index in [1.165, 1.54) is 0 Å². The summed E-state index contributed by atoms with van der Waals surface area (Å²) in [6.45, 7) is 8.73. The van der Waals surface area contributed by atoms with Gasteiger partial charge in [0, 0.05) is 17.7 Å². The highest BCUT2D eigenvalue weighted by Crippen LogP contribution is 2.10. The molecule has 0 aliphatic carbocycles. The van der Waals surface area contributed by atoms with E-state index in [9.17, 15) is 4.79 Å². The average molecular weight is 265 g/mol. The lowest BCUT2D eigenvalue weighted by molar-refractivity contribution is -0.126. The molecule has 0 aliphatic rings. The van der Waals surface area contributed by atoms with Crippen molar-refractivity contribution in [2.75, 3.05) is 6.61 Å². The van der Waals surface area contributed by atoms with Crippen molar-refractivity contribution in [1.29, 1.82) is 0 Å². The zero-order chi connectivity index (χ0) is 14.3. The van der Waals surface area contributed by atoms with Gasteiger partial charge in [-0.1, -0.05) is 19.9 Å². The number of hydrogen-bond donors (Lipinski definition) is 0. The van der Waals surface area contributed by atoms with E-state index in [4.69, 9.17) is 9.47 Å². The van der Waals surface area contributed by atoms with E-state index in [0.29, 0.717) is 13.2 Å². The number of nitrogens with zero attached hydrogens (tertiary/aromatic N) is 1. The summed E-state index contributed by atoms with van der Waals surface area (Å²) in [6, 6.07) is 3.81. The zero-order valence-electron chi connectivity index (χ0n) is 12.2. The minimum absolute atomic E-state index is 0.0117. The zero-order valence-corrected chi connectivity index (χ0v) is 12.2. The molecule has 1 rings (SSSR count). The molecule has 106 valence electrons. The van der Waals surface area contributed by atoms with Crippen molar-refractivity contribution >= 4 is 5.78 Å². The van der Waals surface area contributed by atoms with Gasteiger partial charge in [0.25, 0.3) is 0 Å². The molecule has 0 fully saturated rings. The molecule has 0 amide bonds. The van der Waals surface area contributed by atoms with Gasteiger partial charge in [-0.2, -0.15) is 0 Å². The second-order valence-electron chi connectivity index (χ2n) is 5.08. The molecule has 0 saturated carbocycles. The van der Waals surface area contributed by atoms with Crippen molar-refractivity contribution in [2.24, 2.45) is 5.92 Å². The molecule has 4 heteroatoms. The minimum atomic E-state index is 0.0117. The molecule has 0 aliphatic heterocycles. The number of pyridine rings is 1. The van der Waals surface area contributed by atoms with Crippen molar-refractivity contribution in [2.45, 2.75) is 47.0 Å². The van der Waals surface area contributed by atoms with Gasteiger partial charge < -0.3 is 9.47 Å². The van der Waals surface area contributed by atoms with Gasteiger partial charge in [-0.15, -0.1) is 0 Å². The van der Waals surface area contributed by atoms with Gasteiger partial charge in [-0.25, -0.2) is 0 Å². The maximum atomic E-state index is 11.5. The van der Waals surface area contributed by atoms with Crippen LogP contribution in [0.4, 0.5) is 0 Å². The summed E-state index contributed by atoms with van der Waals surface area (Å²) in [7, 11) is 0. The number of ether oxygens (including phenoxy) is 2. The standard InChI is InChI=1S/C15H23NO3/c1-11(2)15(17)10-18-8-13-6-5-7-16-14(13)9-19-12(3)4/h5-7,11-12H,8-10H2,1-4H3. The molecule has 1 heterocycles. The van der Waals surface area contributed by atoms with Gasteiger partial charge in [-0.05, 0) is 19.9 Å². The number of ketones is 1. The predicted octanol–water partition coefficient (Wildman–Crippen LogP) is 2.75. The Hall–Kier alpha value is -1.26. The first kappa shape index (κ1) is 15.8. The van der Waals surface area contributed by atoms with Crippen molar-refractivity contribution in [1.82, 2.24) is 4.98 Å². The lowest BCUT2D eigenvalue weighted by Crippen LogP contribution is -2.15. The fourth-order valence-corrected chi connectivity index (χ4v) is 1.41. The van der Waals surface area contributed by atoms with E-state index >= 15 is 0 Å². The normalized spacial score (nSPS) is 11.3. The molecule has 0 unspecified atom stereocenters. The number of hydrogen-bond acceptors (Lipinski definition) is 4. The number of Topliss-reactive ketones (excluding diaryl/α,β-unsaturated/α-hetero) is 1. The molecule has 0 radical (unpaired) electrons. The summed E-state index contributed by atoms with van der Waals surface area (Å²) in [5.41, 5.74) is 1.84. The smallest absolute Gasteiger partial charge is 0.160 e. The molecule has 19 heavy (non-hydrogen) atoms. The third kappa shape index (κ3) is 5.94. The number of rotatable bonds is 8. The number of aromatic nitrogens is 1. The maximum Gasteiger partial charge on any atom is 0.160 e. The van der Waals surface area contributed by atoms with Crippen molar-refractivity contribution < 1.29 is 14.3 Å². The van der Waals surface area contributed by atoms with Crippen LogP contribution in [0, 0.1) is 5.92 Å². The molecule has 0 aromatic carbocycles. The van der Waals surface area contributed by atoms with E-state index in [1.807, 2.05) is 39.8 Å².